The van der Waals surface area contributed by atoms with E-state index in [0.29, 0.717) is 5.65 Å². The molecule has 0 unspecified atom stereocenters. The first-order chi connectivity index (χ1) is 12.3. The van der Waals surface area contributed by atoms with Gasteiger partial charge in [0.05, 0.1) is 6.33 Å². The maximum absolute atomic E-state index is 12.9. The third-order valence-electron chi connectivity index (χ3n) is 4.31. The molecule has 0 radical (unpaired) electrons. The highest BCUT2D eigenvalue weighted by molar-refractivity contribution is 5.93. The Morgan fingerprint density at radius 1 is 1.15 bits per heavy atom. The van der Waals surface area contributed by atoms with Gasteiger partial charge < -0.3 is 9.47 Å². The van der Waals surface area contributed by atoms with E-state index >= 15 is 0 Å². The van der Waals surface area contributed by atoms with Gasteiger partial charge in [0.1, 0.15) is 6.54 Å². The number of rotatable bonds is 4. The predicted molar refractivity (Wildman–Crippen MR) is 99.3 cm³/mol. The van der Waals surface area contributed by atoms with Crippen molar-refractivity contribution in [1.82, 2.24) is 18.7 Å². The number of benzene rings is 1. The molecule has 2 aromatic heterocycles. The summed E-state index contributed by atoms with van der Waals surface area (Å²) >= 11 is 0. The summed E-state index contributed by atoms with van der Waals surface area (Å²) in [6.45, 7) is 3.44. The molecule has 8 heteroatoms. The average molecular weight is 355 g/mol. The van der Waals surface area contributed by atoms with Crippen LogP contribution in [0, 0.1) is 0 Å². The van der Waals surface area contributed by atoms with E-state index in [1.165, 1.54) is 17.9 Å². The number of carbonyl (C=O) groups excluding carboxylic acids is 1. The van der Waals surface area contributed by atoms with Gasteiger partial charge in [-0.05, 0) is 26.0 Å². The van der Waals surface area contributed by atoms with E-state index in [0.717, 1.165) is 10.3 Å². The zero-order valence-corrected chi connectivity index (χ0v) is 15.2. The Kier molecular flexibility index (Phi) is 4.50. The van der Waals surface area contributed by atoms with Gasteiger partial charge in [0.15, 0.2) is 11.2 Å². The normalized spacial score (nSPS) is 11.3. The van der Waals surface area contributed by atoms with Gasteiger partial charge in [0, 0.05) is 25.8 Å². The average Bonchev–Trinajstić information content (AvgIpc) is 2.99. The van der Waals surface area contributed by atoms with E-state index in [1.807, 2.05) is 44.2 Å². The third kappa shape index (κ3) is 2.83. The van der Waals surface area contributed by atoms with Gasteiger partial charge in [-0.3, -0.25) is 14.2 Å². The summed E-state index contributed by atoms with van der Waals surface area (Å²) in [5.74, 6) is -0.327. The van der Waals surface area contributed by atoms with E-state index in [1.54, 1.807) is 16.5 Å². The summed E-state index contributed by atoms with van der Waals surface area (Å²) in [7, 11) is 3.22. The maximum atomic E-state index is 12.9. The first-order valence-electron chi connectivity index (χ1n) is 8.31. The molecule has 0 saturated heterocycles. The highest BCUT2D eigenvalue weighted by atomic mass is 16.2. The van der Waals surface area contributed by atoms with Gasteiger partial charge in [-0.2, -0.15) is 0 Å². The smallest absolute Gasteiger partial charge is 0.328 e. The summed E-state index contributed by atoms with van der Waals surface area (Å²) in [6.07, 6.45) is 1.47. The van der Waals surface area contributed by atoms with Crippen molar-refractivity contribution in [3.8, 4) is 0 Å². The summed E-state index contributed by atoms with van der Waals surface area (Å²) in [5, 5.41) is 0. The van der Waals surface area contributed by atoms with Crippen molar-refractivity contribution in [3.05, 3.63) is 57.5 Å². The quantitative estimate of drug-likeness (QED) is 0.695. The minimum atomic E-state index is -0.564. The van der Waals surface area contributed by atoms with E-state index < -0.39 is 11.2 Å². The van der Waals surface area contributed by atoms with Crippen LogP contribution >= 0.6 is 0 Å². The molecule has 0 aliphatic rings. The number of anilines is 1. The number of fused-ring (bicyclic) bond motifs is 1. The Hall–Kier alpha value is -3.16. The molecular weight excluding hydrogens is 334 g/mol. The van der Waals surface area contributed by atoms with Crippen molar-refractivity contribution >= 4 is 22.8 Å². The van der Waals surface area contributed by atoms with Crippen LogP contribution in [0.4, 0.5) is 5.69 Å². The molecule has 136 valence electrons. The Morgan fingerprint density at radius 3 is 2.42 bits per heavy atom. The van der Waals surface area contributed by atoms with Crippen molar-refractivity contribution in [3.63, 3.8) is 0 Å². The number of nitrogens with zero attached hydrogens (tertiary/aromatic N) is 5. The number of aromatic nitrogens is 4. The van der Waals surface area contributed by atoms with Crippen LogP contribution in [0.25, 0.3) is 11.2 Å². The Bertz CT molecular complexity index is 1080. The Labute approximate surface area is 149 Å². The van der Waals surface area contributed by atoms with E-state index in [9.17, 15) is 14.4 Å². The number of hydrogen-bond donors (Lipinski definition) is 0. The summed E-state index contributed by atoms with van der Waals surface area (Å²) in [5.41, 5.74) is 0.226. The highest BCUT2D eigenvalue weighted by Gasteiger charge is 2.22. The molecule has 1 aromatic carbocycles. The second kappa shape index (κ2) is 6.62. The van der Waals surface area contributed by atoms with Gasteiger partial charge in [-0.1, -0.05) is 18.2 Å². The predicted octanol–water partition coefficient (Wildman–Crippen LogP) is 0.875. The lowest BCUT2D eigenvalue weighted by atomic mass is 10.2. The van der Waals surface area contributed by atoms with Crippen molar-refractivity contribution in [2.75, 3.05) is 4.90 Å². The monoisotopic (exact) mass is 355 g/mol. The molecule has 0 bridgehead atoms. The van der Waals surface area contributed by atoms with Crippen LogP contribution in [-0.4, -0.2) is 30.6 Å². The van der Waals surface area contributed by atoms with Crippen LogP contribution in [0.15, 0.2) is 46.2 Å². The van der Waals surface area contributed by atoms with Crippen LogP contribution in [0.3, 0.4) is 0 Å². The van der Waals surface area contributed by atoms with E-state index in [-0.39, 0.29) is 24.0 Å². The number of imidazole rings is 1. The Morgan fingerprint density at radius 2 is 1.81 bits per heavy atom. The molecular formula is C18H21N5O3. The van der Waals surface area contributed by atoms with Crippen LogP contribution < -0.4 is 16.1 Å². The fraction of sp³-hybridized carbons (Fsp3) is 0.333. The molecule has 1 amide bonds. The molecule has 0 N–H and O–H groups in total. The topological polar surface area (TPSA) is 82.1 Å². The zero-order valence-electron chi connectivity index (χ0n) is 15.2. The van der Waals surface area contributed by atoms with Crippen LogP contribution in [0.1, 0.15) is 13.8 Å². The summed E-state index contributed by atoms with van der Waals surface area (Å²) in [4.78, 5) is 43.9. The van der Waals surface area contributed by atoms with Crippen molar-refractivity contribution in [1.29, 1.82) is 0 Å². The first-order valence-corrected chi connectivity index (χ1v) is 8.31. The fourth-order valence-corrected chi connectivity index (χ4v) is 3.07. The van der Waals surface area contributed by atoms with Gasteiger partial charge in [-0.25, -0.2) is 14.3 Å². The number of carbonyl (C=O) groups is 1. The molecule has 0 atom stereocenters. The van der Waals surface area contributed by atoms with Gasteiger partial charge >= 0.3 is 5.69 Å². The van der Waals surface area contributed by atoms with Crippen molar-refractivity contribution in [2.24, 2.45) is 14.1 Å². The molecule has 26 heavy (non-hydrogen) atoms. The lowest BCUT2D eigenvalue weighted by Crippen LogP contribution is -2.46. The second-order valence-electron chi connectivity index (χ2n) is 6.45. The van der Waals surface area contributed by atoms with E-state index in [4.69, 9.17) is 0 Å². The van der Waals surface area contributed by atoms with Gasteiger partial charge in [-0.15, -0.1) is 0 Å². The standard InChI is InChI=1S/C18H21N5O3/c1-12(2)23(13-8-6-5-7-9-13)14(24)10-22-17(25)15-16(19-11-20(15)3)21(4)18(22)26/h5-9,11-12H,10H2,1-4H3. The van der Waals surface area contributed by atoms with Crippen LogP contribution in [-0.2, 0) is 25.4 Å². The fourth-order valence-electron chi connectivity index (χ4n) is 3.07. The SMILES string of the molecule is CC(C)N(C(=O)Cn1c(=O)c2c(ncn2C)n(C)c1=O)c1ccccc1. The molecule has 0 aliphatic carbocycles. The molecule has 0 saturated carbocycles. The molecule has 0 aliphatic heterocycles. The van der Waals surface area contributed by atoms with Crippen LogP contribution in [0.5, 0.6) is 0 Å². The van der Waals surface area contributed by atoms with Crippen LogP contribution in [0.2, 0.25) is 0 Å². The summed E-state index contributed by atoms with van der Waals surface area (Å²) in [6, 6.07) is 9.07. The van der Waals surface area contributed by atoms with Gasteiger partial charge in [0.2, 0.25) is 5.91 Å². The molecule has 0 spiro atoms. The van der Waals surface area contributed by atoms with E-state index in [2.05, 4.69) is 4.98 Å². The summed E-state index contributed by atoms with van der Waals surface area (Å²) < 4.78 is 3.80. The first kappa shape index (κ1) is 17.7. The third-order valence-corrected chi connectivity index (χ3v) is 4.31. The molecule has 0 fully saturated rings. The minimum Gasteiger partial charge on any atom is -0.328 e. The molecule has 3 aromatic rings. The van der Waals surface area contributed by atoms with Crippen molar-refractivity contribution in [2.45, 2.75) is 26.4 Å². The lowest BCUT2D eigenvalue weighted by molar-refractivity contribution is -0.119. The largest absolute Gasteiger partial charge is 0.332 e. The lowest BCUT2D eigenvalue weighted by Gasteiger charge is -2.27. The number of aryl methyl sites for hydroxylation is 2. The minimum absolute atomic E-state index is 0.120. The number of para-hydroxylation sites is 1. The number of hydrogen-bond acceptors (Lipinski definition) is 4. The maximum Gasteiger partial charge on any atom is 0.332 e. The highest BCUT2D eigenvalue weighted by Crippen LogP contribution is 2.17. The molecule has 8 nitrogen and oxygen atoms in total. The molecule has 3 rings (SSSR count). The second-order valence-corrected chi connectivity index (χ2v) is 6.45. The Balaban J connectivity index is 2.08. The zero-order chi connectivity index (χ0) is 19.0. The van der Waals surface area contributed by atoms with Gasteiger partial charge in [0.25, 0.3) is 5.56 Å². The van der Waals surface area contributed by atoms with Crippen molar-refractivity contribution < 1.29 is 4.79 Å². The molecule has 2 heterocycles. The number of amides is 1.